The van der Waals surface area contributed by atoms with Crippen LogP contribution in [0.25, 0.3) is 0 Å². The van der Waals surface area contributed by atoms with Gasteiger partial charge in [0.1, 0.15) is 0 Å². The summed E-state index contributed by atoms with van der Waals surface area (Å²) in [5, 5.41) is 3.51. The fourth-order valence-electron chi connectivity index (χ4n) is 2.07. The molecule has 1 rings (SSSR count). The molecule has 1 aromatic carbocycles. The lowest BCUT2D eigenvalue weighted by Gasteiger charge is -2.05. The van der Waals surface area contributed by atoms with E-state index in [9.17, 15) is 0 Å². The van der Waals surface area contributed by atoms with Crippen LogP contribution in [0, 0.1) is 0 Å². The molecule has 8 heteroatoms. The minimum atomic E-state index is 0. The zero-order valence-corrected chi connectivity index (χ0v) is 17.1. The van der Waals surface area contributed by atoms with Gasteiger partial charge >= 0.3 is 0 Å². The Morgan fingerprint density at radius 3 is 2.12 bits per heavy atom. The molecule has 0 aromatic heterocycles. The van der Waals surface area contributed by atoms with Crippen molar-refractivity contribution in [1.29, 1.82) is 0 Å². The van der Waals surface area contributed by atoms with E-state index >= 15 is 0 Å². The third-order valence-electron chi connectivity index (χ3n) is 3.40. The van der Waals surface area contributed by atoms with Gasteiger partial charge in [-0.05, 0) is 24.1 Å². The third-order valence-corrected chi connectivity index (χ3v) is 3.65. The molecule has 0 heterocycles. The van der Waals surface area contributed by atoms with Gasteiger partial charge in [-0.3, -0.25) is 10.3 Å². The Balaban J connectivity index is 0. The molecule has 5 N–H and O–H groups in total. The molecular formula is C17H30Cl3N5. The van der Waals surface area contributed by atoms with Crippen molar-refractivity contribution >= 4 is 48.3 Å². The van der Waals surface area contributed by atoms with Crippen LogP contribution in [0.5, 0.6) is 0 Å². The van der Waals surface area contributed by atoms with Crippen molar-refractivity contribution < 1.29 is 0 Å². The van der Waals surface area contributed by atoms with Crippen molar-refractivity contribution in [1.82, 2.24) is 5.32 Å². The highest BCUT2D eigenvalue weighted by Gasteiger charge is 1.97. The summed E-state index contributed by atoms with van der Waals surface area (Å²) in [5.41, 5.74) is 12.6. The van der Waals surface area contributed by atoms with Crippen LogP contribution in [0.1, 0.15) is 51.0 Å². The summed E-state index contributed by atoms with van der Waals surface area (Å²) in [7, 11) is 0. The lowest BCUT2D eigenvalue weighted by molar-refractivity contribution is 0.612. The van der Waals surface area contributed by atoms with E-state index in [2.05, 4.69) is 22.2 Å². The Morgan fingerprint density at radius 2 is 1.48 bits per heavy atom. The molecule has 0 aliphatic rings. The SMILES string of the molecule is CCCCCCCCN=C(N)NC(N)=NCc1ccc(Cl)cc1.Cl.Cl. The van der Waals surface area contributed by atoms with Crippen molar-refractivity contribution in [3.8, 4) is 0 Å². The topological polar surface area (TPSA) is 88.8 Å². The molecule has 1 aromatic rings. The summed E-state index contributed by atoms with van der Waals surface area (Å²) in [6.45, 7) is 3.41. The summed E-state index contributed by atoms with van der Waals surface area (Å²) in [6.07, 6.45) is 7.39. The molecule has 0 atom stereocenters. The highest BCUT2D eigenvalue weighted by Crippen LogP contribution is 2.10. The number of aliphatic imine (C=N–C) groups is 2. The second-order valence-electron chi connectivity index (χ2n) is 5.49. The number of unbranched alkanes of at least 4 members (excludes halogenated alkanes) is 5. The fourth-order valence-corrected chi connectivity index (χ4v) is 2.19. The van der Waals surface area contributed by atoms with Gasteiger partial charge in [0.15, 0.2) is 11.9 Å². The first kappa shape index (κ1) is 26.1. The largest absolute Gasteiger partial charge is 0.370 e. The average Bonchev–Trinajstić information content (AvgIpc) is 2.53. The van der Waals surface area contributed by atoms with E-state index in [1.165, 1.54) is 32.1 Å². The quantitative estimate of drug-likeness (QED) is 0.323. The van der Waals surface area contributed by atoms with Gasteiger partial charge in [-0.15, -0.1) is 24.8 Å². The maximum Gasteiger partial charge on any atom is 0.195 e. The molecule has 0 bridgehead atoms. The molecule has 144 valence electrons. The van der Waals surface area contributed by atoms with Crippen LogP contribution in [0.15, 0.2) is 34.3 Å². The Hall–Kier alpha value is -1.17. The lowest BCUT2D eigenvalue weighted by Crippen LogP contribution is -2.41. The van der Waals surface area contributed by atoms with Gasteiger partial charge in [0.05, 0.1) is 6.54 Å². The molecule has 0 aliphatic carbocycles. The Bertz CT molecular complexity index is 504. The minimum Gasteiger partial charge on any atom is -0.370 e. The number of rotatable bonds is 9. The number of guanidine groups is 2. The molecule has 0 saturated heterocycles. The Morgan fingerprint density at radius 1 is 0.920 bits per heavy atom. The molecule has 5 nitrogen and oxygen atoms in total. The van der Waals surface area contributed by atoms with Gasteiger partial charge in [-0.25, -0.2) is 4.99 Å². The van der Waals surface area contributed by atoms with E-state index in [1.54, 1.807) is 0 Å². The minimum absolute atomic E-state index is 0. The number of nitrogens with one attached hydrogen (secondary N) is 1. The smallest absolute Gasteiger partial charge is 0.195 e. The van der Waals surface area contributed by atoms with Gasteiger partial charge < -0.3 is 11.5 Å². The molecule has 0 radical (unpaired) electrons. The van der Waals surface area contributed by atoms with E-state index in [-0.39, 0.29) is 30.8 Å². The molecular weight excluding hydrogens is 381 g/mol. The number of hydrogen-bond acceptors (Lipinski definition) is 2. The zero-order chi connectivity index (χ0) is 16.9. The van der Waals surface area contributed by atoms with Crippen molar-refractivity contribution in [2.75, 3.05) is 6.54 Å². The third kappa shape index (κ3) is 13.8. The summed E-state index contributed by atoms with van der Waals surface area (Å²) in [6, 6.07) is 7.48. The van der Waals surface area contributed by atoms with Crippen molar-refractivity contribution in [3.05, 3.63) is 34.9 Å². The van der Waals surface area contributed by atoms with E-state index in [4.69, 9.17) is 23.1 Å². The van der Waals surface area contributed by atoms with Gasteiger partial charge in [0.2, 0.25) is 0 Å². The van der Waals surface area contributed by atoms with Crippen LogP contribution in [0.3, 0.4) is 0 Å². The van der Waals surface area contributed by atoms with Gasteiger partial charge in [-0.2, -0.15) is 0 Å². The number of nitrogens with zero attached hydrogens (tertiary/aromatic N) is 2. The van der Waals surface area contributed by atoms with Crippen LogP contribution < -0.4 is 16.8 Å². The first-order valence-electron chi connectivity index (χ1n) is 8.23. The van der Waals surface area contributed by atoms with Crippen LogP contribution in [0.2, 0.25) is 5.02 Å². The highest BCUT2D eigenvalue weighted by atomic mass is 35.5. The second-order valence-corrected chi connectivity index (χ2v) is 5.92. The van der Waals surface area contributed by atoms with Crippen LogP contribution in [-0.4, -0.2) is 18.5 Å². The van der Waals surface area contributed by atoms with Crippen LogP contribution in [0.4, 0.5) is 0 Å². The van der Waals surface area contributed by atoms with Crippen LogP contribution >= 0.6 is 36.4 Å². The fraction of sp³-hybridized carbons (Fsp3) is 0.529. The number of hydrogen-bond donors (Lipinski definition) is 3. The molecule has 0 unspecified atom stereocenters. The predicted octanol–water partition coefficient (Wildman–Crippen LogP) is 4.26. The average molecular weight is 411 g/mol. The molecule has 25 heavy (non-hydrogen) atoms. The van der Waals surface area contributed by atoms with Gasteiger partial charge in [0.25, 0.3) is 0 Å². The second kappa shape index (κ2) is 16.3. The molecule has 0 fully saturated rings. The predicted molar refractivity (Wildman–Crippen MR) is 114 cm³/mol. The maximum atomic E-state index is 5.83. The van der Waals surface area contributed by atoms with Gasteiger partial charge in [0, 0.05) is 11.6 Å². The number of halogens is 3. The first-order valence-corrected chi connectivity index (χ1v) is 8.61. The number of nitrogens with two attached hydrogens (primary N) is 2. The summed E-state index contributed by atoms with van der Waals surface area (Å²) in [5.74, 6) is 0.583. The van der Waals surface area contributed by atoms with E-state index < -0.39 is 0 Å². The maximum absolute atomic E-state index is 5.83. The van der Waals surface area contributed by atoms with E-state index in [1.807, 2.05) is 24.3 Å². The molecule has 0 aliphatic heterocycles. The monoisotopic (exact) mass is 409 g/mol. The normalized spacial score (nSPS) is 11.4. The lowest BCUT2D eigenvalue weighted by atomic mass is 10.1. The molecule has 0 spiro atoms. The van der Waals surface area contributed by atoms with Crippen LogP contribution in [-0.2, 0) is 6.54 Å². The first-order chi connectivity index (χ1) is 11.1. The van der Waals surface area contributed by atoms with Gasteiger partial charge in [-0.1, -0.05) is 62.8 Å². The Kier molecular flexibility index (Phi) is 17.0. The molecule has 0 saturated carbocycles. The standard InChI is InChI=1S/C17H28ClN5.2ClH/c1-2-3-4-5-6-7-12-21-16(19)23-17(20)22-13-14-8-10-15(18)11-9-14;;/h8-11H,2-7,12-13H2,1H3,(H5,19,20,21,22,23);2*1H. The van der Waals surface area contributed by atoms with Crippen molar-refractivity contribution in [3.63, 3.8) is 0 Å². The van der Waals surface area contributed by atoms with Crippen molar-refractivity contribution in [2.45, 2.75) is 52.0 Å². The van der Waals surface area contributed by atoms with Crippen molar-refractivity contribution in [2.24, 2.45) is 21.5 Å². The highest BCUT2D eigenvalue weighted by molar-refractivity contribution is 6.30. The zero-order valence-electron chi connectivity index (χ0n) is 14.7. The summed E-state index contributed by atoms with van der Waals surface area (Å²) >= 11 is 5.83. The number of benzene rings is 1. The Labute approximate surface area is 168 Å². The molecule has 0 amide bonds. The summed E-state index contributed by atoms with van der Waals surface area (Å²) in [4.78, 5) is 8.48. The summed E-state index contributed by atoms with van der Waals surface area (Å²) < 4.78 is 0. The van der Waals surface area contributed by atoms with E-state index in [0.717, 1.165) is 18.5 Å². The van der Waals surface area contributed by atoms with E-state index in [0.29, 0.717) is 17.5 Å².